The highest BCUT2D eigenvalue weighted by Gasteiger charge is 2.20. The number of morpholine rings is 1. The average Bonchev–Trinajstić information content (AvgIpc) is 3.38. The Labute approximate surface area is 141 Å². The first-order chi connectivity index (χ1) is 11.3. The smallest absolute Gasteiger partial charge is 0.190 e. The van der Waals surface area contributed by atoms with Crippen molar-refractivity contribution in [2.45, 2.75) is 26.2 Å². The highest BCUT2D eigenvalue weighted by atomic mass is 16.5. The zero-order chi connectivity index (χ0) is 16.3. The summed E-state index contributed by atoms with van der Waals surface area (Å²) in [5, 5.41) is 6.78. The third kappa shape index (κ3) is 8.53. The molecule has 2 fully saturated rings. The number of nitrogens with zero attached hydrogens (tertiary/aromatic N) is 2. The van der Waals surface area contributed by atoms with Crippen molar-refractivity contribution in [3.8, 4) is 0 Å². The van der Waals surface area contributed by atoms with Crippen LogP contribution in [0.5, 0.6) is 0 Å². The fourth-order valence-electron chi connectivity index (χ4n) is 2.70. The molecule has 0 amide bonds. The second-order valence-electron chi connectivity index (χ2n) is 6.77. The zero-order valence-corrected chi connectivity index (χ0v) is 14.9. The van der Waals surface area contributed by atoms with Crippen LogP contribution in [-0.2, 0) is 9.47 Å². The Morgan fingerprint density at radius 1 is 1.30 bits per heavy atom. The molecule has 0 bridgehead atoms. The summed E-state index contributed by atoms with van der Waals surface area (Å²) < 4.78 is 11.0. The third-order valence-electron chi connectivity index (χ3n) is 4.32. The van der Waals surface area contributed by atoms with Crippen LogP contribution in [0.4, 0.5) is 0 Å². The van der Waals surface area contributed by atoms with Crippen LogP contribution < -0.4 is 10.6 Å². The Hall–Kier alpha value is -0.850. The van der Waals surface area contributed by atoms with Crippen LogP contribution in [0.25, 0.3) is 0 Å². The van der Waals surface area contributed by atoms with Gasteiger partial charge < -0.3 is 20.1 Å². The van der Waals surface area contributed by atoms with E-state index >= 15 is 0 Å². The van der Waals surface area contributed by atoms with Crippen molar-refractivity contribution < 1.29 is 9.47 Å². The van der Waals surface area contributed by atoms with E-state index in [-0.39, 0.29) is 0 Å². The number of ether oxygens (including phenoxy) is 2. The maximum Gasteiger partial charge on any atom is 0.190 e. The largest absolute Gasteiger partial charge is 0.381 e. The number of guanidine groups is 1. The van der Waals surface area contributed by atoms with Crippen molar-refractivity contribution in [1.29, 1.82) is 0 Å². The Balaban J connectivity index is 1.47. The molecule has 6 heteroatoms. The average molecular weight is 326 g/mol. The minimum atomic E-state index is 0.591. The number of rotatable bonds is 10. The predicted octanol–water partition coefficient (Wildman–Crippen LogP) is 0.936. The predicted molar refractivity (Wildman–Crippen MR) is 93.9 cm³/mol. The van der Waals surface area contributed by atoms with Crippen molar-refractivity contribution in [3.63, 3.8) is 0 Å². The fraction of sp³-hybridized carbons (Fsp3) is 0.941. The second kappa shape index (κ2) is 10.8. The van der Waals surface area contributed by atoms with Crippen LogP contribution in [0, 0.1) is 11.8 Å². The summed E-state index contributed by atoms with van der Waals surface area (Å²) in [6.45, 7) is 10.9. The Kier molecular flexibility index (Phi) is 8.71. The lowest BCUT2D eigenvalue weighted by molar-refractivity contribution is 0.0320. The van der Waals surface area contributed by atoms with Gasteiger partial charge in [0.05, 0.1) is 13.2 Å². The maximum atomic E-state index is 5.64. The van der Waals surface area contributed by atoms with E-state index in [0.717, 1.165) is 77.4 Å². The Morgan fingerprint density at radius 2 is 2.09 bits per heavy atom. The van der Waals surface area contributed by atoms with E-state index in [9.17, 15) is 0 Å². The molecule has 0 radical (unpaired) electrons. The highest BCUT2D eigenvalue weighted by molar-refractivity contribution is 5.79. The van der Waals surface area contributed by atoms with Crippen LogP contribution in [0.3, 0.4) is 0 Å². The van der Waals surface area contributed by atoms with Crippen molar-refractivity contribution in [2.24, 2.45) is 16.8 Å². The van der Waals surface area contributed by atoms with Crippen molar-refractivity contribution in [3.05, 3.63) is 0 Å². The molecular weight excluding hydrogens is 292 g/mol. The molecule has 1 saturated heterocycles. The maximum absolute atomic E-state index is 5.64. The van der Waals surface area contributed by atoms with Crippen LogP contribution in [-0.4, -0.2) is 77.1 Å². The summed E-state index contributed by atoms with van der Waals surface area (Å²) in [7, 11) is 1.82. The molecule has 2 aliphatic rings. The van der Waals surface area contributed by atoms with E-state index in [2.05, 4.69) is 27.4 Å². The van der Waals surface area contributed by atoms with Gasteiger partial charge in [0.1, 0.15) is 0 Å². The zero-order valence-electron chi connectivity index (χ0n) is 14.9. The highest BCUT2D eigenvalue weighted by Crippen LogP contribution is 2.28. The van der Waals surface area contributed by atoms with Gasteiger partial charge >= 0.3 is 0 Å². The van der Waals surface area contributed by atoms with Gasteiger partial charge in [0, 0.05) is 53.0 Å². The minimum Gasteiger partial charge on any atom is -0.381 e. The molecule has 0 spiro atoms. The molecule has 1 aliphatic carbocycles. The van der Waals surface area contributed by atoms with Gasteiger partial charge in [0.2, 0.25) is 0 Å². The molecule has 1 aliphatic heterocycles. The molecule has 0 aromatic carbocycles. The number of hydrogen-bond acceptors (Lipinski definition) is 4. The lowest BCUT2D eigenvalue weighted by Crippen LogP contribution is -2.44. The lowest BCUT2D eigenvalue weighted by Gasteiger charge is -2.29. The van der Waals surface area contributed by atoms with E-state index < -0.39 is 0 Å². The van der Waals surface area contributed by atoms with E-state index in [1.807, 2.05) is 7.05 Å². The first-order valence-corrected chi connectivity index (χ1v) is 9.10. The van der Waals surface area contributed by atoms with Gasteiger partial charge in [-0.25, -0.2) is 0 Å². The first kappa shape index (κ1) is 18.5. The molecular formula is C17H34N4O2. The van der Waals surface area contributed by atoms with Gasteiger partial charge in [-0.2, -0.15) is 0 Å². The van der Waals surface area contributed by atoms with Gasteiger partial charge in [-0.15, -0.1) is 0 Å². The summed E-state index contributed by atoms with van der Waals surface area (Å²) in [6.07, 6.45) is 3.74. The van der Waals surface area contributed by atoms with Crippen molar-refractivity contribution in [2.75, 3.05) is 66.2 Å². The number of nitrogens with one attached hydrogen (secondary N) is 2. The molecule has 0 aromatic rings. The fourth-order valence-corrected chi connectivity index (χ4v) is 2.70. The summed E-state index contributed by atoms with van der Waals surface area (Å²) in [6, 6.07) is 0. The topological polar surface area (TPSA) is 58.1 Å². The summed E-state index contributed by atoms with van der Waals surface area (Å²) >= 11 is 0. The minimum absolute atomic E-state index is 0.591. The summed E-state index contributed by atoms with van der Waals surface area (Å²) in [4.78, 5) is 6.76. The molecule has 1 heterocycles. The van der Waals surface area contributed by atoms with Crippen LogP contribution in [0.15, 0.2) is 4.99 Å². The van der Waals surface area contributed by atoms with Crippen molar-refractivity contribution >= 4 is 5.96 Å². The van der Waals surface area contributed by atoms with Gasteiger partial charge in [-0.05, 0) is 31.1 Å². The van der Waals surface area contributed by atoms with Crippen molar-refractivity contribution in [1.82, 2.24) is 15.5 Å². The second-order valence-corrected chi connectivity index (χ2v) is 6.77. The number of aliphatic imine (C=N–C) groups is 1. The Bertz CT molecular complexity index is 341. The van der Waals surface area contributed by atoms with Crippen LogP contribution >= 0.6 is 0 Å². The summed E-state index contributed by atoms with van der Waals surface area (Å²) in [5.74, 6) is 2.33. The van der Waals surface area contributed by atoms with E-state index in [1.54, 1.807) is 0 Å². The molecule has 1 saturated carbocycles. The SMILES string of the molecule is CN=C(NCCCOCC1CC1)NCC(C)CN1CCOCC1. The van der Waals surface area contributed by atoms with Gasteiger partial charge in [-0.1, -0.05) is 6.92 Å². The first-order valence-electron chi connectivity index (χ1n) is 9.10. The summed E-state index contributed by atoms with van der Waals surface area (Å²) in [5.41, 5.74) is 0. The molecule has 2 N–H and O–H groups in total. The molecule has 6 nitrogen and oxygen atoms in total. The van der Waals surface area contributed by atoms with Gasteiger partial charge in [0.15, 0.2) is 5.96 Å². The standard InChI is InChI=1S/C17H34N4O2/c1-15(13-21-7-10-22-11-8-21)12-20-17(18-2)19-6-3-9-23-14-16-4-5-16/h15-16H,3-14H2,1-2H3,(H2,18,19,20). The van der Waals surface area contributed by atoms with Crippen LogP contribution in [0.2, 0.25) is 0 Å². The molecule has 23 heavy (non-hydrogen) atoms. The normalized spacial score (nSPS) is 21.2. The molecule has 134 valence electrons. The van der Waals surface area contributed by atoms with E-state index in [4.69, 9.17) is 9.47 Å². The lowest BCUT2D eigenvalue weighted by atomic mass is 10.1. The van der Waals surface area contributed by atoms with Gasteiger partial charge in [-0.3, -0.25) is 9.89 Å². The molecule has 1 atom stereocenters. The quantitative estimate of drug-likeness (QED) is 0.355. The van der Waals surface area contributed by atoms with Gasteiger partial charge in [0.25, 0.3) is 0 Å². The third-order valence-corrected chi connectivity index (χ3v) is 4.32. The van der Waals surface area contributed by atoms with E-state index in [0.29, 0.717) is 5.92 Å². The molecule has 2 rings (SSSR count). The van der Waals surface area contributed by atoms with E-state index in [1.165, 1.54) is 12.8 Å². The molecule has 1 unspecified atom stereocenters. The Morgan fingerprint density at radius 3 is 2.78 bits per heavy atom. The van der Waals surface area contributed by atoms with Crippen LogP contribution in [0.1, 0.15) is 26.2 Å². The number of hydrogen-bond donors (Lipinski definition) is 2. The monoisotopic (exact) mass is 326 g/mol. The molecule has 0 aromatic heterocycles.